The zero-order valence-electron chi connectivity index (χ0n) is 8.94. The van der Waals surface area contributed by atoms with Crippen LogP contribution in [0.5, 0.6) is 0 Å². The molecule has 1 aliphatic carbocycles. The minimum atomic E-state index is -0.967. The number of hydrogen-bond donors (Lipinski definition) is 1. The molecular formula is C10H17NO4. The standard InChI is InChI=1S/C10H17NO4/c1-2-5-15-7-9(12)11(6-10(13)14)8-3-4-8/h8H,2-7H2,1H3,(H,13,14). The maximum absolute atomic E-state index is 11.6. The monoisotopic (exact) mass is 215 g/mol. The van der Waals surface area contributed by atoms with E-state index < -0.39 is 5.97 Å². The zero-order valence-corrected chi connectivity index (χ0v) is 8.94. The van der Waals surface area contributed by atoms with Crippen LogP contribution in [0, 0.1) is 0 Å². The molecule has 0 aromatic carbocycles. The number of carbonyl (C=O) groups excluding carboxylic acids is 1. The van der Waals surface area contributed by atoms with Crippen molar-refractivity contribution in [2.45, 2.75) is 32.2 Å². The van der Waals surface area contributed by atoms with Gasteiger partial charge in [-0.05, 0) is 19.3 Å². The molecule has 15 heavy (non-hydrogen) atoms. The van der Waals surface area contributed by atoms with Crippen LogP contribution in [0.15, 0.2) is 0 Å². The first-order valence-electron chi connectivity index (χ1n) is 5.24. The molecule has 0 aromatic rings. The van der Waals surface area contributed by atoms with Gasteiger partial charge in [-0.15, -0.1) is 0 Å². The summed E-state index contributed by atoms with van der Waals surface area (Å²) in [7, 11) is 0. The maximum Gasteiger partial charge on any atom is 0.323 e. The lowest BCUT2D eigenvalue weighted by atomic mass is 10.4. The van der Waals surface area contributed by atoms with Crippen LogP contribution in [0.25, 0.3) is 0 Å². The third kappa shape index (κ3) is 4.29. The molecule has 1 saturated carbocycles. The Balaban J connectivity index is 2.34. The number of carboxylic acid groups (broad SMARTS) is 1. The molecule has 1 amide bonds. The van der Waals surface area contributed by atoms with E-state index in [4.69, 9.17) is 9.84 Å². The first-order chi connectivity index (χ1) is 7.15. The average Bonchev–Trinajstić information content (AvgIpc) is 2.97. The molecule has 0 saturated heterocycles. The highest BCUT2D eigenvalue weighted by Gasteiger charge is 2.33. The van der Waals surface area contributed by atoms with Crippen molar-refractivity contribution < 1.29 is 19.4 Å². The third-order valence-corrected chi connectivity index (χ3v) is 2.19. The molecule has 0 unspecified atom stereocenters. The number of carboxylic acids is 1. The van der Waals surface area contributed by atoms with Crippen LogP contribution < -0.4 is 0 Å². The second-order valence-corrected chi connectivity index (χ2v) is 3.70. The van der Waals surface area contributed by atoms with Gasteiger partial charge >= 0.3 is 5.97 Å². The Morgan fingerprint density at radius 3 is 2.60 bits per heavy atom. The zero-order chi connectivity index (χ0) is 11.3. The largest absolute Gasteiger partial charge is 0.480 e. The lowest BCUT2D eigenvalue weighted by Gasteiger charge is -2.19. The molecule has 5 nitrogen and oxygen atoms in total. The fraction of sp³-hybridized carbons (Fsp3) is 0.800. The van der Waals surface area contributed by atoms with E-state index in [9.17, 15) is 9.59 Å². The number of nitrogens with zero attached hydrogens (tertiary/aromatic N) is 1. The van der Waals surface area contributed by atoms with E-state index in [2.05, 4.69) is 0 Å². The Morgan fingerprint density at radius 2 is 2.13 bits per heavy atom. The number of hydrogen-bond acceptors (Lipinski definition) is 3. The number of amides is 1. The summed E-state index contributed by atoms with van der Waals surface area (Å²) in [4.78, 5) is 23.5. The van der Waals surface area contributed by atoms with Gasteiger partial charge in [0.1, 0.15) is 13.2 Å². The molecule has 5 heteroatoms. The summed E-state index contributed by atoms with van der Waals surface area (Å²) >= 11 is 0. The normalized spacial score (nSPS) is 15.0. The Labute approximate surface area is 89.0 Å². The van der Waals surface area contributed by atoms with Gasteiger partial charge < -0.3 is 14.7 Å². The van der Waals surface area contributed by atoms with Gasteiger partial charge in [-0.2, -0.15) is 0 Å². The van der Waals surface area contributed by atoms with Gasteiger partial charge in [0.25, 0.3) is 0 Å². The van der Waals surface area contributed by atoms with Crippen LogP contribution in [0.1, 0.15) is 26.2 Å². The summed E-state index contributed by atoms with van der Waals surface area (Å²) in [6, 6.07) is 0.124. The Morgan fingerprint density at radius 1 is 1.47 bits per heavy atom. The molecule has 0 atom stereocenters. The van der Waals surface area contributed by atoms with Gasteiger partial charge in [-0.3, -0.25) is 9.59 Å². The highest BCUT2D eigenvalue weighted by Crippen LogP contribution is 2.26. The first-order valence-corrected chi connectivity index (χ1v) is 5.24. The van der Waals surface area contributed by atoms with Crippen LogP contribution in [-0.2, 0) is 14.3 Å². The molecular weight excluding hydrogens is 198 g/mol. The van der Waals surface area contributed by atoms with Gasteiger partial charge in [0, 0.05) is 12.6 Å². The first kappa shape index (κ1) is 12.0. The minimum Gasteiger partial charge on any atom is -0.480 e. The lowest BCUT2D eigenvalue weighted by Crippen LogP contribution is -2.39. The number of ether oxygens (including phenoxy) is 1. The van der Waals surface area contributed by atoms with E-state index in [0.717, 1.165) is 19.3 Å². The van der Waals surface area contributed by atoms with Crippen molar-refractivity contribution in [1.82, 2.24) is 4.90 Å². The molecule has 0 radical (unpaired) electrons. The molecule has 0 spiro atoms. The summed E-state index contributed by atoms with van der Waals surface area (Å²) in [6.45, 7) is 2.29. The van der Waals surface area contributed by atoms with Gasteiger partial charge in [-0.25, -0.2) is 0 Å². The van der Waals surface area contributed by atoms with Crippen molar-refractivity contribution in [2.75, 3.05) is 19.8 Å². The van der Waals surface area contributed by atoms with Gasteiger partial charge in [0.15, 0.2) is 0 Å². The second kappa shape index (κ2) is 5.70. The summed E-state index contributed by atoms with van der Waals surface area (Å²) in [5, 5.41) is 8.65. The van der Waals surface area contributed by atoms with E-state index >= 15 is 0 Å². The Bertz CT molecular complexity index is 238. The van der Waals surface area contributed by atoms with E-state index in [1.54, 1.807) is 0 Å². The van der Waals surface area contributed by atoms with Crippen molar-refractivity contribution in [3.8, 4) is 0 Å². The smallest absolute Gasteiger partial charge is 0.323 e. The number of rotatable bonds is 7. The molecule has 0 aromatic heterocycles. The van der Waals surface area contributed by atoms with E-state index in [1.165, 1.54) is 4.90 Å². The summed E-state index contributed by atoms with van der Waals surface area (Å²) in [5.41, 5.74) is 0. The van der Waals surface area contributed by atoms with Gasteiger partial charge in [0.05, 0.1) is 0 Å². The van der Waals surface area contributed by atoms with Gasteiger partial charge in [0.2, 0.25) is 5.91 Å². The molecule has 0 heterocycles. The van der Waals surface area contributed by atoms with Crippen LogP contribution in [0.2, 0.25) is 0 Å². The molecule has 1 aliphatic rings. The minimum absolute atomic E-state index is 0.00236. The molecule has 1 fully saturated rings. The molecule has 1 rings (SSSR count). The van der Waals surface area contributed by atoms with Crippen molar-refractivity contribution in [3.63, 3.8) is 0 Å². The molecule has 0 bridgehead atoms. The predicted molar refractivity (Wildman–Crippen MR) is 53.5 cm³/mol. The van der Waals surface area contributed by atoms with Crippen LogP contribution in [0.3, 0.4) is 0 Å². The molecule has 86 valence electrons. The third-order valence-electron chi connectivity index (χ3n) is 2.19. The Kier molecular flexibility index (Phi) is 4.55. The van der Waals surface area contributed by atoms with Crippen LogP contribution in [0.4, 0.5) is 0 Å². The summed E-state index contributed by atoms with van der Waals surface area (Å²) in [6.07, 6.45) is 2.68. The van der Waals surface area contributed by atoms with E-state index in [0.29, 0.717) is 6.61 Å². The van der Waals surface area contributed by atoms with E-state index in [1.807, 2.05) is 6.92 Å². The Hall–Kier alpha value is -1.10. The van der Waals surface area contributed by atoms with Crippen molar-refractivity contribution in [3.05, 3.63) is 0 Å². The molecule has 0 aliphatic heterocycles. The topological polar surface area (TPSA) is 66.8 Å². The number of carbonyl (C=O) groups is 2. The summed E-state index contributed by atoms with van der Waals surface area (Å²) < 4.78 is 5.10. The highest BCUT2D eigenvalue weighted by molar-refractivity contribution is 5.82. The SMILES string of the molecule is CCCOCC(=O)N(CC(=O)O)C1CC1. The van der Waals surface area contributed by atoms with Crippen molar-refractivity contribution in [1.29, 1.82) is 0 Å². The number of aliphatic carboxylic acids is 1. The lowest BCUT2D eigenvalue weighted by molar-refractivity contribution is -0.147. The van der Waals surface area contributed by atoms with Crippen molar-refractivity contribution in [2.24, 2.45) is 0 Å². The van der Waals surface area contributed by atoms with Crippen LogP contribution in [-0.4, -0.2) is 47.7 Å². The fourth-order valence-corrected chi connectivity index (χ4v) is 1.34. The van der Waals surface area contributed by atoms with Crippen molar-refractivity contribution >= 4 is 11.9 Å². The molecule has 1 N–H and O–H groups in total. The average molecular weight is 215 g/mol. The van der Waals surface area contributed by atoms with Gasteiger partial charge in [-0.1, -0.05) is 6.92 Å². The predicted octanol–water partition coefficient (Wildman–Crippen LogP) is 0.489. The second-order valence-electron chi connectivity index (χ2n) is 3.70. The fourth-order valence-electron chi connectivity index (χ4n) is 1.34. The summed E-state index contributed by atoms with van der Waals surface area (Å²) in [5.74, 6) is -1.18. The quantitative estimate of drug-likeness (QED) is 0.627. The van der Waals surface area contributed by atoms with E-state index in [-0.39, 0.29) is 25.1 Å². The van der Waals surface area contributed by atoms with Crippen LogP contribution >= 0.6 is 0 Å². The maximum atomic E-state index is 11.6. The highest BCUT2D eigenvalue weighted by atomic mass is 16.5.